The zero-order valence-electron chi connectivity index (χ0n) is 19.8. The van der Waals surface area contributed by atoms with Crippen molar-refractivity contribution in [3.63, 3.8) is 0 Å². The van der Waals surface area contributed by atoms with Crippen LogP contribution in [0.4, 0.5) is 4.79 Å². The smallest absolute Gasteiger partial charge is 0.408 e. The molecule has 2 atom stereocenters. The molecule has 0 aliphatic carbocycles. The van der Waals surface area contributed by atoms with E-state index in [0.717, 1.165) is 22.3 Å². The number of carboxylic acid groups (broad SMARTS) is 1. The van der Waals surface area contributed by atoms with Crippen LogP contribution < -0.4 is 10.6 Å². The third kappa shape index (κ3) is 7.71. The van der Waals surface area contributed by atoms with Gasteiger partial charge in [-0.15, -0.1) is 0 Å². The summed E-state index contributed by atoms with van der Waals surface area (Å²) in [6.45, 7) is 3.59. The molecule has 0 saturated carbocycles. The Balaban J connectivity index is 1.60. The van der Waals surface area contributed by atoms with E-state index in [9.17, 15) is 19.5 Å². The normalized spacial score (nSPS) is 12.4. The van der Waals surface area contributed by atoms with Crippen molar-refractivity contribution < 1.29 is 24.2 Å². The summed E-state index contributed by atoms with van der Waals surface area (Å²) in [5, 5.41) is 14.8. The van der Waals surface area contributed by atoms with E-state index in [4.69, 9.17) is 4.74 Å². The maximum atomic E-state index is 12.9. The van der Waals surface area contributed by atoms with Crippen molar-refractivity contribution >= 4 is 18.0 Å². The molecule has 7 heteroatoms. The minimum atomic E-state index is -1.15. The molecule has 0 saturated heterocycles. The molecule has 2 amide bonds. The molecule has 0 heterocycles. The minimum Gasteiger partial charge on any atom is -0.480 e. The molecule has 0 aliphatic rings. The summed E-state index contributed by atoms with van der Waals surface area (Å²) in [4.78, 5) is 37.0. The van der Waals surface area contributed by atoms with Crippen molar-refractivity contribution in [3.8, 4) is 11.1 Å². The number of amides is 2. The third-order valence-electron chi connectivity index (χ3n) is 5.55. The maximum Gasteiger partial charge on any atom is 0.408 e. The number of hydrogen-bond acceptors (Lipinski definition) is 4. The van der Waals surface area contributed by atoms with Crippen LogP contribution in [0.3, 0.4) is 0 Å². The molecule has 3 aromatic carbocycles. The van der Waals surface area contributed by atoms with Crippen LogP contribution in [0.1, 0.15) is 25.0 Å². The molecular weight excluding hydrogens is 444 g/mol. The quantitative estimate of drug-likeness (QED) is 0.404. The Morgan fingerprint density at radius 3 is 1.91 bits per heavy atom. The zero-order chi connectivity index (χ0) is 25.2. The number of nitrogens with one attached hydrogen (secondary N) is 2. The zero-order valence-corrected chi connectivity index (χ0v) is 19.8. The van der Waals surface area contributed by atoms with Crippen LogP contribution in [0, 0.1) is 5.92 Å². The standard InChI is InChI=1S/C28H30N2O5/c1-19(2)25(30-28(34)35-18-21-9-5-3-6-10-21)26(31)29-24(27(32)33)17-20-13-15-23(16-14-20)22-11-7-4-8-12-22/h3-16,19,24-25H,17-18H2,1-2H3,(H,29,31)(H,30,34)(H,32,33)/t24-,25+/m0/s1. The molecule has 3 rings (SSSR count). The summed E-state index contributed by atoms with van der Waals surface area (Å²) in [5.41, 5.74) is 3.67. The number of ether oxygens (including phenoxy) is 1. The van der Waals surface area contributed by atoms with Crippen LogP contribution in [0.2, 0.25) is 0 Å². The summed E-state index contributed by atoms with van der Waals surface area (Å²) in [6.07, 6.45) is -0.634. The average Bonchev–Trinajstić information content (AvgIpc) is 2.87. The molecular formula is C28H30N2O5. The van der Waals surface area contributed by atoms with Gasteiger partial charge >= 0.3 is 12.1 Å². The Morgan fingerprint density at radius 2 is 1.34 bits per heavy atom. The lowest BCUT2D eigenvalue weighted by atomic mass is 9.99. The van der Waals surface area contributed by atoms with E-state index in [2.05, 4.69) is 10.6 Å². The van der Waals surface area contributed by atoms with Crippen molar-refractivity contribution in [2.24, 2.45) is 5.92 Å². The second-order valence-electron chi connectivity index (χ2n) is 8.59. The Bertz CT molecular complexity index is 1120. The predicted molar refractivity (Wildman–Crippen MR) is 134 cm³/mol. The number of carbonyl (C=O) groups is 3. The van der Waals surface area contributed by atoms with Gasteiger partial charge in [0.25, 0.3) is 0 Å². The Hall–Kier alpha value is -4.13. The molecule has 182 valence electrons. The van der Waals surface area contributed by atoms with Crippen LogP contribution in [0.5, 0.6) is 0 Å². The van der Waals surface area contributed by atoms with E-state index < -0.39 is 30.1 Å². The van der Waals surface area contributed by atoms with Crippen LogP contribution in [-0.2, 0) is 27.4 Å². The number of hydrogen-bond donors (Lipinski definition) is 3. The van der Waals surface area contributed by atoms with Gasteiger partial charge in [0.05, 0.1) is 0 Å². The van der Waals surface area contributed by atoms with Crippen molar-refractivity contribution in [2.75, 3.05) is 0 Å². The van der Waals surface area contributed by atoms with E-state index in [1.165, 1.54) is 0 Å². The summed E-state index contributed by atoms with van der Waals surface area (Å²) in [5.74, 6) is -2.01. The van der Waals surface area contributed by atoms with Gasteiger partial charge < -0.3 is 20.5 Å². The highest BCUT2D eigenvalue weighted by Crippen LogP contribution is 2.20. The van der Waals surface area contributed by atoms with Gasteiger partial charge in [-0.05, 0) is 28.2 Å². The number of carbonyl (C=O) groups excluding carboxylic acids is 2. The van der Waals surface area contributed by atoms with E-state index in [1.807, 2.05) is 84.9 Å². The lowest BCUT2D eigenvalue weighted by molar-refractivity contribution is -0.142. The third-order valence-corrected chi connectivity index (χ3v) is 5.55. The van der Waals surface area contributed by atoms with E-state index in [0.29, 0.717) is 0 Å². The molecule has 0 fully saturated rings. The Labute approximate surface area is 205 Å². The summed E-state index contributed by atoms with van der Waals surface area (Å²) in [7, 11) is 0. The monoisotopic (exact) mass is 474 g/mol. The SMILES string of the molecule is CC(C)[C@@H](NC(=O)OCc1ccccc1)C(=O)N[C@@H](Cc1ccc(-c2ccccc2)cc1)C(=O)O. The van der Waals surface area contributed by atoms with E-state index >= 15 is 0 Å². The highest BCUT2D eigenvalue weighted by atomic mass is 16.5. The van der Waals surface area contributed by atoms with Crippen LogP contribution >= 0.6 is 0 Å². The van der Waals surface area contributed by atoms with Crippen LogP contribution in [-0.4, -0.2) is 35.2 Å². The topological polar surface area (TPSA) is 105 Å². The number of aliphatic carboxylic acids is 1. The summed E-state index contributed by atoms with van der Waals surface area (Å²) < 4.78 is 5.21. The first-order valence-electron chi connectivity index (χ1n) is 11.5. The van der Waals surface area contributed by atoms with Crippen molar-refractivity contribution in [2.45, 2.75) is 39.0 Å². The van der Waals surface area contributed by atoms with Crippen molar-refractivity contribution in [3.05, 3.63) is 96.1 Å². The molecule has 0 bridgehead atoms. The number of carboxylic acids is 1. The molecule has 0 aromatic heterocycles. The molecule has 3 aromatic rings. The largest absolute Gasteiger partial charge is 0.480 e. The minimum absolute atomic E-state index is 0.0653. The first-order valence-corrected chi connectivity index (χ1v) is 11.5. The fraction of sp³-hybridized carbons (Fsp3) is 0.250. The van der Waals surface area contributed by atoms with Gasteiger partial charge in [0.15, 0.2) is 0 Å². The fourth-order valence-electron chi connectivity index (χ4n) is 3.59. The molecule has 7 nitrogen and oxygen atoms in total. The second-order valence-corrected chi connectivity index (χ2v) is 8.59. The van der Waals surface area contributed by atoms with Gasteiger partial charge in [-0.3, -0.25) is 4.79 Å². The molecule has 0 aliphatic heterocycles. The lowest BCUT2D eigenvalue weighted by Gasteiger charge is -2.24. The molecule has 0 unspecified atom stereocenters. The van der Waals surface area contributed by atoms with Crippen LogP contribution in [0.15, 0.2) is 84.9 Å². The van der Waals surface area contributed by atoms with Gasteiger partial charge in [-0.2, -0.15) is 0 Å². The van der Waals surface area contributed by atoms with E-state index in [-0.39, 0.29) is 18.9 Å². The molecule has 0 spiro atoms. The molecule has 3 N–H and O–H groups in total. The average molecular weight is 475 g/mol. The van der Waals surface area contributed by atoms with Gasteiger partial charge in [-0.25, -0.2) is 9.59 Å². The lowest BCUT2D eigenvalue weighted by Crippen LogP contribution is -2.54. The van der Waals surface area contributed by atoms with Gasteiger partial charge in [-0.1, -0.05) is 98.8 Å². The highest BCUT2D eigenvalue weighted by Gasteiger charge is 2.29. The van der Waals surface area contributed by atoms with Gasteiger partial charge in [0.1, 0.15) is 18.7 Å². The predicted octanol–water partition coefficient (Wildman–Crippen LogP) is 4.42. The summed E-state index contributed by atoms with van der Waals surface area (Å²) >= 11 is 0. The maximum absolute atomic E-state index is 12.9. The number of rotatable bonds is 10. The molecule has 0 radical (unpaired) electrons. The van der Waals surface area contributed by atoms with E-state index in [1.54, 1.807) is 13.8 Å². The fourth-order valence-corrected chi connectivity index (χ4v) is 3.59. The second kappa shape index (κ2) is 12.4. The molecule has 35 heavy (non-hydrogen) atoms. The first-order chi connectivity index (χ1) is 16.8. The Kier molecular flexibility index (Phi) is 9.01. The number of alkyl carbamates (subject to hydrolysis) is 1. The van der Waals surface area contributed by atoms with Crippen molar-refractivity contribution in [1.29, 1.82) is 0 Å². The number of benzene rings is 3. The van der Waals surface area contributed by atoms with Gasteiger partial charge in [0.2, 0.25) is 5.91 Å². The Morgan fingerprint density at radius 1 is 0.771 bits per heavy atom. The van der Waals surface area contributed by atoms with Gasteiger partial charge in [0, 0.05) is 6.42 Å². The summed E-state index contributed by atoms with van der Waals surface area (Å²) in [6, 6.07) is 24.5. The van der Waals surface area contributed by atoms with Crippen molar-refractivity contribution in [1.82, 2.24) is 10.6 Å². The first kappa shape index (κ1) is 25.5. The van der Waals surface area contributed by atoms with Crippen LogP contribution in [0.25, 0.3) is 11.1 Å². The highest BCUT2D eigenvalue weighted by molar-refractivity contribution is 5.89.